The molecule has 2 aliphatic heterocycles. The number of aromatic nitrogens is 5. The van der Waals surface area contributed by atoms with Crippen molar-refractivity contribution in [3.8, 4) is 11.6 Å². The molecule has 3 aromatic heterocycles. The number of rotatable bonds is 5. The second-order valence-electron chi connectivity index (χ2n) is 10.6. The maximum Gasteiger partial charge on any atom is 0.266 e. The van der Waals surface area contributed by atoms with E-state index in [0.29, 0.717) is 40.1 Å². The van der Waals surface area contributed by atoms with E-state index >= 15 is 0 Å². The lowest BCUT2D eigenvalue weighted by Crippen LogP contribution is -2.55. The second-order valence-corrected chi connectivity index (χ2v) is 13.0. The SMILES string of the molecule is Cc1nccc(Oc2n[nH]c3nc(N4CCC5(CC4)CO[C@@H](C)[C@H]5NS(=O)C(C)(C)C)cnc23)c1Cl. The molecule has 0 aromatic carbocycles. The minimum atomic E-state index is -1.15. The molecule has 0 bridgehead atoms. The average molecular weight is 534 g/mol. The van der Waals surface area contributed by atoms with Crippen LogP contribution in [0.3, 0.4) is 0 Å². The van der Waals surface area contributed by atoms with Gasteiger partial charge in [-0.05, 0) is 47.5 Å². The Kier molecular flexibility index (Phi) is 6.69. The van der Waals surface area contributed by atoms with Crippen LogP contribution in [0.4, 0.5) is 5.82 Å². The topological polar surface area (TPSA) is 118 Å². The highest BCUT2D eigenvalue weighted by atomic mass is 35.5. The number of aryl methyl sites for hydroxylation is 1. The number of fused-ring (bicyclic) bond motifs is 1. The number of ether oxygens (including phenoxy) is 2. The molecule has 1 spiro atoms. The molecule has 0 radical (unpaired) electrons. The fraction of sp³-hybridized carbons (Fsp3) is 0.583. The van der Waals surface area contributed by atoms with Crippen molar-refractivity contribution in [3.05, 3.63) is 29.2 Å². The first-order valence-corrected chi connectivity index (χ1v) is 13.6. The van der Waals surface area contributed by atoms with Crippen LogP contribution < -0.4 is 14.4 Å². The first kappa shape index (κ1) is 25.3. The Hall–Kier alpha value is -2.34. The van der Waals surface area contributed by atoms with Crippen molar-refractivity contribution in [2.24, 2.45) is 5.41 Å². The molecule has 2 aliphatic rings. The lowest BCUT2D eigenvalue weighted by Gasteiger charge is -2.43. The van der Waals surface area contributed by atoms with Crippen LogP contribution in [-0.4, -0.2) is 65.9 Å². The third kappa shape index (κ3) is 4.69. The third-order valence-corrected chi connectivity index (χ3v) is 9.14. The minimum Gasteiger partial charge on any atom is -0.434 e. The van der Waals surface area contributed by atoms with Gasteiger partial charge in [0.2, 0.25) is 0 Å². The monoisotopic (exact) mass is 533 g/mol. The molecule has 10 nitrogen and oxygen atoms in total. The van der Waals surface area contributed by atoms with Gasteiger partial charge in [0.25, 0.3) is 5.88 Å². The molecule has 194 valence electrons. The van der Waals surface area contributed by atoms with E-state index in [9.17, 15) is 4.21 Å². The molecular weight excluding hydrogens is 502 g/mol. The predicted octanol–water partition coefficient (Wildman–Crippen LogP) is 3.93. The van der Waals surface area contributed by atoms with E-state index in [2.05, 4.69) is 36.7 Å². The van der Waals surface area contributed by atoms with Crippen molar-refractivity contribution in [1.82, 2.24) is 29.9 Å². The van der Waals surface area contributed by atoms with Crippen molar-refractivity contribution in [2.75, 3.05) is 24.6 Å². The first-order valence-electron chi connectivity index (χ1n) is 12.1. The van der Waals surface area contributed by atoms with Crippen LogP contribution in [-0.2, 0) is 15.7 Å². The van der Waals surface area contributed by atoms with Crippen LogP contribution in [0.1, 0.15) is 46.2 Å². The van der Waals surface area contributed by atoms with E-state index in [0.717, 1.165) is 31.7 Å². The zero-order valence-electron chi connectivity index (χ0n) is 21.2. The molecular formula is C24H32ClN7O3S. The quantitative estimate of drug-likeness (QED) is 0.506. The van der Waals surface area contributed by atoms with Crippen LogP contribution in [0.15, 0.2) is 18.5 Å². The fourth-order valence-electron chi connectivity index (χ4n) is 4.83. The summed E-state index contributed by atoms with van der Waals surface area (Å²) in [5.41, 5.74) is 1.70. The van der Waals surface area contributed by atoms with Gasteiger partial charge >= 0.3 is 0 Å². The smallest absolute Gasteiger partial charge is 0.266 e. The molecule has 3 aromatic rings. The largest absolute Gasteiger partial charge is 0.434 e. The molecule has 36 heavy (non-hydrogen) atoms. The normalized spacial score (nSPS) is 22.9. The highest BCUT2D eigenvalue weighted by molar-refractivity contribution is 7.84. The van der Waals surface area contributed by atoms with Gasteiger partial charge in [0.05, 0.1) is 46.4 Å². The van der Waals surface area contributed by atoms with Crippen LogP contribution in [0.5, 0.6) is 11.6 Å². The van der Waals surface area contributed by atoms with Crippen molar-refractivity contribution in [3.63, 3.8) is 0 Å². The summed E-state index contributed by atoms with van der Waals surface area (Å²) < 4.78 is 27.9. The van der Waals surface area contributed by atoms with Crippen LogP contribution in [0, 0.1) is 12.3 Å². The average Bonchev–Trinajstić information content (AvgIpc) is 3.38. The Morgan fingerprint density at radius 2 is 2.06 bits per heavy atom. The van der Waals surface area contributed by atoms with E-state index < -0.39 is 11.0 Å². The number of nitrogens with one attached hydrogen (secondary N) is 2. The van der Waals surface area contributed by atoms with E-state index in [1.54, 1.807) is 18.5 Å². The van der Waals surface area contributed by atoms with Crippen molar-refractivity contribution in [1.29, 1.82) is 0 Å². The van der Waals surface area contributed by atoms with Gasteiger partial charge in [-0.3, -0.25) is 10.1 Å². The predicted molar refractivity (Wildman–Crippen MR) is 140 cm³/mol. The van der Waals surface area contributed by atoms with Crippen molar-refractivity contribution < 1.29 is 13.7 Å². The van der Waals surface area contributed by atoms with Gasteiger partial charge in [0.1, 0.15) is 10.8 Å². The molecule has 0 saturated carbocycles. The van der Waals surface area contributed by atoms with Gasteiger partial charge in [0, 0.05) is 30.8 Å². The fourth-order valence-corrected chi connectivity index (χ4v) is 6.01. The number of halogens is 1. The summed E-state index contributed by atoms with van der Waals surface area (Å²) in [5.74, 6) is 1.56. The van der Waals surface area contributed by atoms with E-state index in [1.807, 2.05) is 27.7 Å². The molecule has 0 amide bonds. The lowest BCUT2D eigenvalue weighted by molar-refractivity contribution is 0.0973. The van der Waals surface area contributed by atoms with Gasteiger partial charge < -0.3 is 14.4 Å². The first-order chi connectivity index (χ1) is 17.1. The van der Waals surface area contributed by atoms with E-state index in [-0.39, 0.29) is 22.3 Å². The molecule has 2 N–H and O–H groups in total. The minimum absolute atomic E-state index is 0.0140. The van der Waals surface area contributed by atoms with Gasteiger partial charge in [-0.2, -0.15) is 0 Å². The zero-order chi connectivity index (χ0) is 25.7. The lowest BCUT2D eigenvalue weighted by atomic mass is 9.73. The van der Waals surface area contributed by atoms with Crippen LogP contribution in [0.2, 0.25) is 5.02 Å². The Morgan fingerprint density at radius 1 is 1.31 bits per heavy atom. The van der Waals surface area contributed by atoms with Gasteiger partial charge in [-0.15, -0.1) is 5.10 Å². The Balaban J connectivity index is 1.30. The maximum absolute atomic E-state index is 12.8. The second kappa shape index (κ2) is 9.51. The highest BCUT2D eigenvalue weighted by Gasteiger charge is 2.50. The number of anilines is 1. The summed E-state index contributed by atoms with van der Waals surface area (Å²) >= 11 is 6.31. The number of hydrogen-bond acceptors (Lipinski definition) is 8. The summed E-state index contributed by atoms with van der Waals surface area (Å²) in [6.45, 7) is 12.1. The number of hydrogen-bond donors (Lipinski definition) is 2. The summed E-state index contributed by atoms with van der Waals surface area (Å²) in [5, 5.41) is 7.60. The van der Waals surface area contributed by atoms with Crippen molar-refractivity contribution >= 4 is 39.6 Å². The van der Waals surface area contributed by atoms with Crippen LogP contribution >= 0.6 is 11.6 Å². The Labute approximate surface area is 218 Å². The van der Waals surface area contributed by atoms with Crippen LogP contribution in [0.25, 0.3) is 11.2 Å². The molecule has 1 unspecified atom stereocenters. The number of nitrogens with zero attached hydrogens (tertiary/aromatic N) is 5. The van der Waals surface area contributed by atoms with Gasteiger partial charge in [0.15, 0.2) is 16.9 Å². The zero-order valence-corrected chi connectivity index (χ0v) is 22.7. The summed E-state index contributed by atoms with van der Waals surface area (Å²) in [4.78, 5) is 15.7. The summed E-state index contributed by atoms with van der Waals surface area (Å²) in [7, 11) is -1.15. The molecule has 3 atom stereocenters. The number of piperidine rings is 1. The Morgan fingerprint density at radius 3 is 2.78 bits per heavy atom. The highest BCUT2D eigenvalue weighted by Crippen LogP contribution is 2.43. The molecule has 2 fully saturated rings. The van der Waals surface area contributed by atoms with E-state index in [1.165, 1.54) is 0 Å². The number of aromatic amines is 1. The Bertz CT molecular complexity index is 1290. The van der Waals surface area contributed by atoms with Crippen molar-refractivity contribution in [2.45, 2.75) is 64.4 Å². The molecule has 12 heteroatoms. The van der Waals surface area contributed by atoms with Gasteiger partial charge in [-0.1, -0.05) is 11.6 Å². The molecule has 5 heterocycles. The molecule has 2 saturated heterocycles. The molecule has 5 rings (SSSR count). The maximum atomic E-state index is 12.8. The van der Waals surface area contributed by atoms with Gasteiger partial charge in [-0.25, -0.2) is 18.9 Å². The number of H-pyrrole nitrogens is 1. The molecule has 0 aliphatic carbocycles. The standard InChI is InChI=1S/C24H32ClN7O3S/c1-14-18(25)16(6-9-26-14)35-22-19-21(29-30-22)28-17(12-27-19)32-10-7-24(8-11-32)13-34-15(2)20(24)31-36(33)23(3,4)5/h6,9,12,15,20,31H,7-8,10-11,13H2,1-5H3,(H,28,29,30)/t15-,20+,36?/m0/s1. The van der Waals surface area contributed by atoms with E-state index in [4.69, 9.17) is 26.1 Å². The summed E-state index contributed by atoms with van der Waals surface area (Å²) in [6, 6.07) is 1.73. The number of pyridine rings is 1. The summed E-state index contributed by atoms with van der Waals surface area (Å²) in [6.07, 6.45) is 5.22. The third-order valence-electron chi connectivity index (χ3n) is 7.10.